The predicted molar refractivity (Wildman–Crippen MR) is 62.4 cm³/mol. The van der Waals surface area contributed by atoms with Crippen molar-refractivity contribution < 1.29 is 4.79 Å². The monoisotopic (exact) mass is 237 g/mol. The lowest BCUT2D eigenvalue weighted by Gasteiger charge is -2.28. The first kappa shape index (κ1) is 11.1. The van der Waals surface area contributed by atoms with E-state index in [4.69, 9.17) is 11.6 Å². The molecule has 0 radical (unpaired) electrons. The standard InChI is InChI=1S/C11H12ClN3O/c1-11(2)7-9(12)14-15(11)10(16)8-3-5-13-6-4-8/h3-6H,7H2,1-2H3. The molecule has 1 aromatic heterocycles. The summed E-state index contributed by atoms with van der Waals surface area (Å²) in [6.07, 6.45) is 3.76. The van der Waals surface area contributed by atoms with Crippen LogP contribution in [0, 0.1) is 0 Å². The first-order valence-corrected chi connectivity index (χ1v) is 5.36. The second-order valence-electron chi connectivity index (χ2n) is 4.32. The van der Waals surface area contributed by atoms with Gasteiger partial charge in [-0.3, -0.25) is 9.78 Å². The van der Waals surface area contributed by atoms with Gasteiger partial charge in [-0.05, 0) is 26.0 Å². The third-order valence-electron chi connectivity index (χ3n) is 2.48. The molecule has 1 amide bonds. The maximum atomic E-state index is 12.1. The van der Waals surface area contributed by atoms with E-state index < -0.39 is 0 Å². The molecular formula is C11H12ClN3O. The quantitative estimate of drug-likeness (QED) is 0.752. The fourth-order valence-corrected chi connectivity index (χ4v) is 2.05. The van der Waals surface area contributed by atoms with Gasteiger partial charge >= 0.3 is 0 Å². The van der Waals surface area contributed by atoms with Gasteiger partial charge in [0.25, 0.3) is 5.91 Å². The van der Waals surface area contributed by atoms with Crippen LogP contribution in [0.5, 0.6) is 0 Å². The van der Waals surface area contributed by atoms with Crippen LogP contribution in [0.25, 0.3) is 0 Å². The minimum Gasteiger partial charge on any atom is -0.267 e. The zero-order valence-corrected chi connectivity index (χ0v) is 9.90. The zero-order chi connectivity index (χ0) is 11.8. The van der Waals surface area contributed by atoms with Gasteiger partial charge in [0.2, 0.25) is 0 Å². The molecule has 1 aliphatic rings. The highest BCUT2D eigenvalue weighted by Gasteiger charge is 2.37. The van der Waals surface area contributed by atoms with Gasteiger partial charge in [-0.25, -0.2) is 5.01 Å². The Kier molecular flexibility index (Phi) is 2.68. The fraction of sp³-hybridized carbons (Fsp3) is 0.364. The molecule has 5 heteroatoms. The first-order chi connectivity index (χ1) is 7.50. The molecule has 2 heterocycles. The third kappa shape index (κ3) is 1.93. The van der Waals surface area contributed by atoms with Crippen LogP contribution in [0.4, 0.5) is 0 Å². The van der Waals surface area contributed by atoms with Gasteiger partial charge in [-0.1, -0.05) is 11.6 Å². The second kappa shape index (κ2) is 3.87. The number of hydrogen-bond acceptors (Lipinski definition) is 3. The largest absolute Gasteiger partial charge is 0.274 e. The van der Waals surface area contributed by atoms with E-state index in [2.05, 4.69) is 10.1 Å². The fourth-order valence-electron chi connectivity index (χ4n) is 1.65. The number of aromatic nitrogens is 1. The molecule has 0 saturated carbocycles. The van der Waals surface area contributed by atoms with Crippen molar-refractivity contribution in [3.05, 3.63) is 30.1 Å². The van der Waals surface area contributed by atoms with E-state index in [1.54, 1.807) is 24.5 Å². The van der Waals surface area contributed by atoms with E-state index in [1.165, 1.54) is 5.01 Å². The maximum Gasteiger partial charge on any atom is 0.274 e. The zero-order valence-electron chi connectivity index (χ0n) is 9.14. The molecule has 0 unspecified atom stereocenters. The lowest BCUT2D eigenvalue weighted by Crippen LogP contribution is -2.40. The minimum absolute atomic E-state index is 0.150. The average molecular weight is 238 g/mol. The summed E-state index contributed by atoms with van der Waals surface area (Å²) in [4.78, 5) is 16.0. The number of rotatable bonds is 1. The third-order valence-corrected chi connectivity index (χ3v) is 2.69. The smallest absolute Gasteiger partial charge is 0.267 e. The van der Waals surface area contributed by atoms with Crippen LogP contribution in [0.15, 0.2) is 29.6 Å². The van der Waals surface area contributed by atoms with Gasteiger partial charge in [0.15, 0.2) is 0 Å². The van der Waals surface area contributed by atoms with Crippen molar-refractivity contribution in [2.45, 2.75) is 25.8 Å². The summed E-state index contributed by atoms with van der Waals surface area (Å²) in [7, 11) is 0. The molecule has 0 fully saturated rings. The topological polar surface area (TPSA) is 45.6 Å². The van der Waals surface area contributed by atoms with Crippen molar-refractivity contribution in [3.8, 4) is 0 Å². The molecule has 0 saturated heterocycles. The number of carbonyl (C=O) groups excluding carboxylic acids is 1. The van der Waals surface area contributed by atoms with Crippen LogP contribution in [0.1, 0.15) is 30.6 Å². The Morgan fingerprint density at radius 2 is 2.06 bits per heavy atom. The molecule has 84 valence electrons. The van der Waals surface area contributed by atoms with E-state index in [9.17, 15) is 4.79 Å². The van der Waals surface area contributed by atoms with Crippen LogP contribution in [-0.4, -0.2) is 26.6 Å². The molecule has 0 aromatic carbocycles. The molecule has 0 spiro atoms. The summed E-state index contributed by atoms with van der Waals surface area (Å²) >= 11 is 5.87. The van der Waals surface area contributed by atoms with Gasteiger partial charge in [0.05, 0.1) is 5.54 Å². The summed E-state index contributed by atoms with van der Waals surface area (Å²) in [6.45, 7) is 3.87. The Bertz CT molecular complexity index is 442. The number of pyridine rings is 1. The average Bonchev–Trinajstić information content (AvgIpc) is 2.52. The van der Waals surface area contributed by atoms with Crippen molar-refractivity contribution in [3.63, 3.8) is 0 Å². The van der Waals surface area contributed by atoms with Gasteiger partial charge in [-0.2, -0.15) is 5.10 Å². The second-order valence-corrected chi connectivity index (χ2v) is 4.75. The van der Waals surface area contributed by atoms with Crippen molar-refractivity contribution in [2.24, 2.45) is 5.10 Å². The first-order valence-electron chi connectivity index (χ1n) is 4.98. The highest BCUT2D eigenvalue weighted by Crippen LogP contribution is 2.29. The number of halogens is 1. The van der Waals surface area contributed by atoms with Gasteiger partial charge in [0.1, 0.15) is 5.17 Å². The van der Waals surface area contributed by atoms with Gasteiger partial charge in [0, 0.05) is 24.4 Å². The maximum absolute atomic E-state index is 12.1. The van der Waals surface area contributed by atoms with Crippen LogP contribution >= 0.6 is 11.6 Å². The number of amides is 1. The molecule has 0 aliphatic carbocycles. The molecule has 0 N–H and O–H groups in total. The van der Waals surface area contributed by atoms with E-state index in [0.29, 0.717) is 17.2 Å². The minimum atomic E-state index is -0.364. The number of carbonyl (C=O) groups is 1. The summed E-state index contributed by atoms with van der Waals surface area (Å²) < 4.78 is 0. The summed E-state index contributed by atoms with van der Waals surface area (Å²) in [5.74, 6) is -0.150. The number of hydrogen-bond donors (Lipinski definition) is 0. The van der Waals surface area contributed by atoms with Crippen molar-refractivity contribution in [2.75, 3.05) is 0 Å². The Hall–Kier alpha value is -1.42. The van der Waals surface area contributed by atoms with Gasteiger partial charge < -0.3 is 0 Å². The van der Waals surface area contributed by atoms with Crippen LogP contribution in [0.3, 0.4) is 0 Å². The van der Waals surface area contributed by atoms with Gasteiger partial charge in [-0.15, -0.1) is 0 Å². The number of hydrazone groups is 1. The SMILES string of the molecule is CC1(C)CC(Cl)=NN1C(=O)c1ccncc1. The molecule has 0 atom stereocenters. The molecule has 16 heavy (non-hydrogen) atoms. The lowest BCUT2D eigenvalue weighted by molar-refractivity contribution is 0.0612. The predicted octanol–water partition coefficient (Wildman–Crippen LogP) is 2.26. The molecule has 1 aliphatic heterocycles. The van der Waals surface area contributed by atoms with Crippen LogP contribution < -0.4 is 0 Å². The Labute approximate surface area is 98.9 Å². The van der Waals surface area contributed by atoms with E-state index in [1.807, 2.05) is 13.8 Å². The molecule has 0 bridgehead atoms. The molecule has 2 rings (SSSR count). The molecule has 4 nitrogen and oxygen atoms in total. The van der Waals surface area contributed by atoms with Crippen molar-refractivity contribution in [1.82, 2.24) is 9.99 Å². The van der Waals surface area contributed by atoms with Crippen molar-refractivity contribution >= 4 is 22.7 Å². The van der Waals surface area contributed by atoms with Crippen molar-refractivity contribution in [1.29, 1.82) is 0 Å². The van der Waals surface area contributed by atoms with Crippen LogP contribution in [0.2, 0.25) is 0 Å². The highest BCUT2D eigenvalue weighted by atomic mass is 35.5. The molecular weight excluding hydrogens is 226 g/mol. The van der Waals surface area contributed by atoms with E-state index >= 15 is 0 Å². The Balaban J connectivity index is 2.30. The van der Waals surface area contributed by atoms with Crippen LogP contribution in [-0.2, 0) is 0 Å². The Morgan fingerprint density at radius 1 is 1.44 bits per heavy atom. The molecule has 1 aromatic rings. The van der Waals surface area contributed by atoms with E-state index in [0.717, 1.165) is 0 Å². The summed E-state index contributed by atoms with van der Waals surface area (Å²) in [5, 5.41) is 5.96. The highest BCUT2D eigenvalue weighted by molar-refractivity contribution is 6.65. The summed E-state index contributed by atoms with van der Waals surface area (Å²) in [6, 6.07) is 3.33. The lowest BCUT2D eigenvalue weighted by atomic mass is 10.0. The Morgan fingerprint density at radius 3 is 2.56 bits per heavy atom. The normalized spacial score (nSPS) is 18.4. The van der Waals surface area contributed by atoms with E-state index in [-0.39, 0.29) is 11.4 Å². The number of nitrogens with zero attached hydrogens (tertiary/aromatic N) is 3. The summed E-state index contributed by atoms with van der Waals surface area (Å²) in [5.41, 5.74) is 0.204.